The first kappa shape index (κ1) is 13.6. The van der Waals surface area contributed by atoms with Gasteiger partial charge in [-0.1, -0.05) is 34.1 Å². The summed E-state index contributed by atoms with van der Waals surface area (Å²) in [6.07, 6.45) is 0. The van der Waals surface area contributed by atoms with Crippen LogP contribution in [0.2, 0.25) is 0 Å². The number of hydrogen-bond donors (Lipinski definition) is 2. The Morgan fingerprint density at radius 1 is 1.19 bits per heavy atom. The number of nitrogens with zero attached hydrogens (tertiary/aromatic N) is 2. The number of aromatic amines is 1. The van der Waals surface area contributed by atoms with Gasteiger partial charge in [0.15, 0.2) is 23.1 Å². The molecule has 0 aliphatic heterocycles. The molecule has 106 valence electrons. The number of aromatic nitrogens is 3. The van der Waals surface area contributed by atoms with Gasteiger partial charge in [0.05, 0.1) is 7.11 Å². The van der Waals surface area contributed by atoms with Crippen LogP contribution < -0.4 is 4.74 Å². The molecule has 21 heavy (non-hydrogen) atoms. The van der Waals surface area contributed by atoms with Gasteiger partial charge in [0.25, 0.3) is 0 Å². The fourth-order valence-corrected chi connectivity index (χ4v) is 2.45. The predicted octanol–water partition coefficient (Wildman–Crippen LogP) is 3.62. The summed E-state index contributed by atoms with van der Waals surface area (Å²) in [7, 11) is 1.50. The van der Waals surface area contributed by atoms with Crippen molar-refractivity contribution in [2.45, 2.75) is 0 Å². The summed E-state index contributed by atoms with van der Waals surface area (Å²) in [6.45, 7) is 0. The zero-order valence-corrected chi connectivity index (χ0v) is 12.8. The normalized spacial score (nSPS) is 10.6. The van der Waals surface area contributed by atoms with E-state index in [1.165, 1.54) is 7.11 Å². The highest BCUT2D eigenvalue weighted by Gasteiger charge is 2.12. The number of phenolic OH excluding ortho intramolecular Hbond substituents is 1. The Morgan fingerprint density at radius 3 is 2.76 bits per heavy atom. The van der Waals surface area contributed by atoms with Gasteiger partial charge < -0.3 is 9.84 Å². The monoisotopic (exact) mass is 345 g/mol. The van der Waals surface area contributed by atoms with E-state index in [1.54, 1.807) is 18.2 Å². The molecular formula is C15H12BrN3O2. The molecule has 0 saturated carbocycles. The van der Waals surface area contributed by atoms with Crippen molar-refractivity contribution in [3.63, 3.8) is 0 Å². The summed E-state index contributed by atoms with van der Waals surface area (Å²) < 4.78 is 6.04. The maximum Gasteiger partial charge on any atom is 0.181 e. The number of halogens is 1. The van der Waals surface area contributed by atoms with Crippen LogP contribution in [0.25, 0.3) is 22.8 Å². The molecule has 0 unspecified atom stereocenters. The van der Waals surface area contributed by atoms with Crippen LogP contribution in [0.5, 0.6) is 11.5 Å². The number of phenols is 1. The Hall–Kier alpha value is -2.34. The van der Waals surface area contributed by atoms with Gasteiger partial charge in [-0.3, -0.25) is 5.10 Å². The maximum atomic E-state index is 9.62. The topological polar surface area (TPSA) is 71.0 Å². The van der Waals surface area contributed by atoms with Crippen molar-refractivity contribution in [3.8, 4) is 34.3 Å². The van der Waals surface area contributed by atoms with E-state index >= 15 is 0 Å². The summed E-state index contributed by atoms with van der Waals surface area (Å²) in [5.41, 5.74) is 1.70. The van der Waals surface area contributed by atoms with E-state index in [2.05, 4.69) is 31.1 Å². The van der Waals surface area contributed by atoms with E-state index in [-0.39, 0.29) is 5.75 Å². The lowest BCUT2D eigenvalue weighted by Gasteiger charge is -2.03. The smallest absolute Gasteiger partial charge is 0.181 e. The average molecular weight is 346 g/mol. The highest BCUT2D eigenvalue weighted by molar-refractivity contribution is 9.10. The van der Waals surface area contributed by atoms with Gasteiger partial charge in [-0.2, -0.15) is 5.10 Å². The van der Waals surface area contributed by atoms with Crippen molar-refractivity contribution in [3.05, 3.63) is 46.9 Å². The van der Waals surface area contributed by atoms with Crippen LogP contribution in [-0.4, -0.2) is 27.4 Å². The van der Waals surface area contributed by atoms with Crippen LogP contribution in [0.4, 0.5) is 0 Å². The molecule has 3 rings (SSSR count). The van der Waals surface area contributed by atoms with E-state index < -0.39 is 0 Å². The first-order valence-electron chi connectivity index (χ1n) is 6.23. The van der Waals surface area contributed by atoms with Gasteiger partial charge in [-0.05, 0) is 24.3 Å². The van der Waals surface area contributed by atoms with E-state index in [4.69, 9.17) is 4.74 Å². The lowest BCUT2D eigenvalue weighted by atomic mass is 10.2. The molecule has 0 atom stereocenters. The Bertz CT molecular complexity index is 786. The van der Waals surface area contributed by atoms with Gasteiger partial charge in [-0.25, -0.2) is 4.98 Å². The Labute approximate surface area is 129 Å². The number of ether oxygens (including phenoxy) is 1. The quantitative estimate of drug-likeness (QED) is 0.760. The molecular weight excluding hydrogens is 334 g/mol. The largest absolute Gasteiger partial charge is 0.504 e. The Balaban J connectivity index is 2.01. The van der Waals surface area contributed by atoms with E-state index in [1.807, 2.05) is 24.3 Å². The summed E-state index contributed by atoms with van der Waals surface area (Å²) in [5.74, 6) is 1.69. The third-order valence-electron chi connectivity index (χ3n) is 3.05. The highest BCUT2D eigenvalue weighted by atomic mass is 79.9. The summed E-state index contributed by atoms with van der Waals surface area (Å²) in [6, 6.07) is 12.8. The minimum atomic E-state index is 0.0859. The molecule has 1 heterocycles. The molecule has 0 aliphatic rings. The standard InChI is InChI=1S/C15H12BrN3O2/c1-21-13-8-9(6-7-12(13)20)14-17-15(19-18-14)10-4-2-3-5-11(10)16/h2-8,20H,1H3,(H,17,18,19). The van der Waals surface area contributed by atoms with E-state index in [0.717, 1.165) is 15.6 Å². The first-order chi connectivity index (χ1) is 10.2. The molecule has 1 aromatic heterocycles. The van der Waals surface area contributed by atoms with Crippen LogP contribution in [0.3, 0.4) is 0 Å². The molecule has 0 bridgehead atoms. The zero-order chi connectivity index (χ0) is 14.8. The van der Waals surface area contributed by atoms with Crippen molar-refractivity contribution in [2.24, 2.45) is 0 Å². The van der Waals surface area contributed by atoms with Gasteiger partial charge >= 0.3 is 0 Å². The molecule has 0 saturated heterocycles. The third kappa shape index (κ3) is 2.62. The number of aromatic hydroxyl groups is 1. The average Bonchev–Trinajstić information content (AvgIpc) is 2.98. The Morgan fingerprint density at radius 2 is 2.00 bits per heavy atom. The maximum absolute atomic E-state index is 9.62. The second kappa shape index (κ2) is 5.57. The van der Waals surface area contributed by atoms with Gasteiger partial charge in [-0.15, -0.1) is 0 Å². The molecule has 2 aromatic carbocycles. The number of H-pyrrole nitrogens is 1. The van der Waals surface area contributed by atoms with Crippen molar-refractivity contribution >= 4 is 15.9 Å². The summed E-state index contributed by atoms with van der Waals surface area (Å²) in [4.78, 5) is 4.48. The molecule has 0 radical (unpaired) electrons. The molecule has 0 amide bonds. The second-order valence-electron chi connectivity index (χ2n) is 4.37. The van der Waals surface area contributed by atoms with E-state index in [9.17, 15) is 5.11 Å². The molecule has 0 aliphatic carbocycles. The van der Waals surface area contributed by atoms with Gasteiger partial charge in [0.1, 0.15) is 0 Å². The number of nitrogens with one attached hydrogen (secondary N) is 1. The van der Waals surface area contributed by atoms with E-state index in [0.29, 0.717) is 17.4 Å². The molecule has 0 spiro atoms. The molecule has 5 nitrogen and oxygen atoms in total. The first-order valence-corrected chi connectivity index (χ1v) is 7.03. The summed E-state index contributed by atoms with van der Waals surface area (Å²) in [5, 5.41) is 16.8. The highest BCUT2D eigenvalue weighted by Crippen LogP contribution is 2.31. The van der Waals surface area contributed by atoms with Crippen molar-refractivity contribution in [1.82, 2.24) is 15.2 Å². The number of methoxy groups -OCH3 is 1. The lowest BCUT2D eigenvalue weighted by molar-refractivity contribution is 0.373. The van der Waals surface area contributed by atoms with Crippen molar-refractivity contribution < 1.29 is 9.84 Å². The molecule has 6 heteroatoms. The molecule has 3 aromatic rings. The summed E-state index contributed by atoms with van der Waals surface area (Å²) >= 11 is 3.49. The zero-order valence-electron chi connectivity index (χ0n) is 11.2. The van der Waals surface area contributed by atoms with Crippen molar-refractivity contribution in [1.29, 1.82) is 0 Å². The van der Waals surface area contributed by atoms with Crippen LogP contribution in [-0.2, 0) is 0 Å². The van der Waals surface area contributed by atoms with Crippen LogP contribution in [0.1, 0.15) is 0 Å². The molecule has 0 fully saturated rings. The minimum absolute atomic E-state index is 0.0859. The predicted molar refractivity (Wildman–Crippen MR) is 83.2 cm³/mol. The van der Waals surface area contributed by atoms with Crippen LogP contribution in [0.15, 0.2) is 46.9 Å². The van der Waals surface area contributed by atoms with Crippen molar-refractivity contribution in [2.75, 3.05) is 7.11 Å². The van der Waals surface area contributed by atoms with Gasteiger partial charge in [0, 0.05) is 15.6 Å². The number of benzene rings is 2. The molecule has 2 N–H and O–H groups in total. The lowest BCUT2D eigenvalue weighted by Crippen LogP contribution is -1.86. The van der Waals surface area contributed by atoms with Crippen LogP contribution >= 0.6 is 15.9 Å². The third-order valence-corrected chi connectivity index (χ3v) is 3.74. The van der Waals surface area contributed by atoms with Gasteiger partial charge in [0.2, 0.25) is 0 Å². The SMILES string of the molecule is COc1cc(-c2n[nH]c(-c3ccccc3Br)n2)ccc1O. The fraction of sp³-hybridized carbons (Fsp3) is 0.0667. The second-order valence-corrected chi connectivity index (χ2v) is 5.23. The minimum Gasteiger partial charge on any atom is -0.504 e. The van der Waals surface area contributed by atoms with Crippen LogP contribution in [0, 0.1) is 0 Å². The number of rotatable bonds is 3. The fourth-order valence-electron chi connectivity index (χ4n) is 1.98. The Kier molecular flexibility index (Phi) is 3.62. The number of hydrogen-bond acceptors (Lipinski definition) is 4.